The van der Waals surface area contributed by atoms with Crippen molar-refractivity contribution >= 4 is 21.5 Å². The lowest BCUT2D eigenvalue weighted by molar-refractivity contribution is 1.18. The Hall–Kier alpha value is -7.49. The van der Waals surface area contributed by atoms with Gasteiger partial charge in [0.2, 0.25) is 0 Å². The van der Waals surface area contributed by atoms with Crippen LogP contribution in [-0.2, 0) is 0 Å². The fourth-order valence-corrected chi connectivity index (χ4v) is 7.83. The molecule has 0 radical (unpaired) electrons. The van der Waals surface area contributed by atoms with Crippen LogP contribution in [0.5, 0.6) is 0 Å². The van der Waals surface area contributed by atoms with E-state index in [1.54, 1.807) is 0 Å². The first kappa shape index (κ1) is 34.0. The molecule has 0 fully saturated rings. The molecule has 0 unspecified atom stereocenters. The molecule has 268 valence electrons. The Morgan fingerprint density at radius 3 is 1.28 bits per heavy atom. The number of aryl methyl sites for hydroxylation is 1. The predicted octanol–water partition coefficient (Wildman–Crippen LogP) is 14.2. The number of pyridine rings is 1. The number of hydrogen-bond acceptors (Lipinski definition) is 3. The zero-order valence-electron chi connectivity index (χ0n) is 31.5. The molecule has 0 spiro atoms. The molecular formula is C54H37N3. The van der Waals surface area contributed by atoms with E-state index in [1.807, 2.05) is 25.3 Å². The summed E-state index contributed by atoms with van der Waals surface area (Å²) >= 11 is 0. The van der Waals surface area contributed by atoms with Gasteiger partial charge in [0.15, 0.2) is 5.82 Å². The topological polar surface area (TPSA) is 38.7 Å². The van der Waals surface area contributed by atoms with E-state index in [2.05, 4.69) is 193 Å². The van der Waals surface area contributed by atoms with Crippen molar-refractivity contribution < 1.29 is 0 Å². The Kier molecular flexibility index (Phi) is 8.74. The molecule has 10 rings (SSSR count). The molecule has 2 aromatic heterocycles. The molecule has 2 heterocycles. The van der Waals surface area contributed by atoms with E-state index in [9.17, 15) is 0 Å². The third-order valence-corrected chi connectivity index (χ3v) is 10.8. The molecule has 0 atom stereocenters. The normalized spacial score (nSPS) is 11.2. The van der Waals surface area contributed by atoms with Crippen molar-refractivity contribution in [1.82, 2.24) is 15.0 Å². The summed E-state index contributed by atoms with van der Waals surface area (Å²) in [4.78, 5) is 15.0. The number of fused-ring (bicyclic) bond motifs is 2. The Balaban J connectivity index is 1.14. The van der Waals surface area contributed by atoms with Gasteiger partial charge in [-0.25, -0.2) is 9.97 Å². The van der Waals surface area contributed by atoms with Crippen molar-refractivity contribution in [3.63, 3.8) is 0 Å². The number of hydrogen-bond donors (Lipinski definition) is 0. The summed E-state index contributed by atoms with van der Waals surface area (Å²) in [5.41, 5.74) is 15.0. The number of rotatable bonds is 7. The van der Waals surface area contributed by atoms with Crippen LogP contribution in [0.2, 0.25) is 0 Å². The monoisotopic (exact) mass is 727 g/mol. The van der Waals surface area contributed by atoms with E-state index >= 15 is 0 Å². The van der Waals surface area contributed by atoms with Gasteiger partial charge in [0, 0.05) is 34.1 Å². The summed E-state index contributed by atoms with van der Waals surface area (Å²) in [6, 6.07) is 71.2. The van der Waals surface area contributed by atoms with Gasteiger partial charge in [0.05, 0.1) is 11.4 Å². The molecule has 0 bridgehead atoms. The minimum Gasteiger partial charge on any atom is -0.261 e. The standard InChI is InChI=1S/C54H37N3/c1-36-20-21-45(35-55-36)39-26-22-37(23-27-39)38-24-28-40(29-25-38)46-31-47(53-49-18-10-8-16-43(49)30-44-17-9-11-19-50(44)53)33-48(32-46)54-56-51(41-12-4-2-5-13-41)34-52(57-54)42-14-6-3-7-15-42/h2-35H,1H3. The number of aromatic nitrogens is 3. The average molecular weight is 728 g/mol. The van der Waals surface area contributed by atoms with E-state index in [-0.39, 0.29) is 0 Å². The molecule has 0 saturated heterocycles. The van der Waals surface area contributed by atoms with Crippen LogP contribution in [-0.4, -0.2) is 15.0 Å². The Morgan fingerprint density at radius 1 is 0.316 bits per heavy atom. The molecule has 0 amide bonds. The summed E-state index contributed by atoms with van der Waals surface area (Å²) in [5, 5.41) is 4.84. The maximum Gasteiger partial charge on any atom is 0.160 e. The van der Waals surface area contributed by atoms with Gasteiger partial charge in [0.25, 0.3) is 0 Å². The van der Waals surface area contributed by atoms with Gasteiger partial charge in [-0.2, -0.15) is 0 Å². The number of benzene rings is 8. The van der Waals surface area contributed by atoms with Gasteiger partial charge in [0.1, 0.15) is 0 Å². The fraction of sp³-hybridized carbons (Fsp3) is 0.0185. The quantitative estimate of drug-likeness (QED) is 0.153. The van der Waals surface area contributed by atoms with Gasteiger partial charge < -0.3 is 0 Å². The van der Waals surface area contributed by atoms with Crippen LogP contribution in [0.15, 0.2) is 206 Å². The highest BCUT2D eigenvalue weighted by Gasteiger charge is 2.17. The molecule has 0 aliphatic carbocycles. The first-order valence-electron chi connectivity index (χ1n) is 19.3. The van der Waals surface area contributed by atoms with Crippen molar-refractivity contribution in [1.29, 1.82) is 0 Å². The van der Waals surface area contributed by atoms with Crippen LogP contribution in [0.1, 0.15) is 5.69 Å². The van der Waals surface area contributed by atoms with Crippen molar-refractivity contribution in [2.45, 2.75) is 6.92 Å². The minimum absolute atomic E-state index is 0.684. The summed E-state index contributed by atoms with van der Waals surface area (Å²) in [5.74, 6) is 0.684. The fourth-order valence-electron chi connectivity index (χ4n) is 7.83. The molecule has 3 heteroatoms. The van der Waals surface area contributed by atoms with E-state index in [0.29, 0.717) is 5.82 Å². The van der Waals surface area contributed by atoms with Gasteiger partial charge in [-0.05, 0) is 104 Å². The van der Waals surface area contributed by atoms with Crippen molar-refractivity contribution in [3.8, 4) is 78.4 Å². The van der Waals surface area contributed by atoms with Crippen molar-refractivity contribution in [2.75, 3.05) is 0 Å². The predicted molar refractivity (Wildman–Crippen MR) is 238 cm³/mol. The molecule has 0 aliphatic rings. The van der Waals surface area contributed by atoms with Gasteiger partial charge >= 0.3 is 0 Å². The highest BCUT2D eigenvalue weighted by Crippen LogP contribution is 2.41. The van der Waals surface area contributed by atoms with E-state index in [4.69, 9.17) is 9.97 Å². The average Bonchev–Trinajstić information content (AvgIpc) is 3.29. The lowest BCUT2D eigenvalue weighted by atomic mass is 9.89. The Labute approximate surface area is 332 Å². The van der Waals surface area contributed by atoms with E-state index in [1.165, 1.54) is 32.7 Å². The zero-order chi connectivity index (χ0) is 38.1. The van der Waals surface area contributed by atoms with Crippen molar-refractivity contribution in [3.05, 3.63) is 212 Å². The Morgan fingerprint density at radius 2 is 0.754 bits per heavy atom. The molecule has 0 aliphatic heterocycles. The van der Waals surface area contributed by atoms with Crippen LogP contribution in [0, 0.1) is 6.92 Å². The van der Waals surface area contributed by atoms with Crippen LogP contribution in [0.25, 0.3) is 100.0 Å². The third-order valence-electron chi connectivity index (χ3n) is 10.8. The molecule has 3 nitrogen and oxygen atoms in total. The molecule has 10 aromatic rings. The van der Waals surface area contributed by atoms with Gasteiger partial charge in [-0.1, -0.05) is 164 Å². The Bertz CT molecular complexity index is 2910. The SMILES string of the molecule is Cc1ccc(-c2ccc(-c3ccc(-c4cc(-c5nc(-c6ccccc6)cc(-c6ccccc6)n5)cc(-c5c6ccccc6cc6ccccc56)c4)cc3)cc2)cn1. The summed E-state index contributed by atoms with van der Waals surface area (Å²) in [6.07, 6.45) is 1.94. The second-order valence-corrected chi connectivity index (χ2v) is 14.5. The highest BCUT2D eigenvalue weighted by atomic mass is 14.9. The zero-order valence-corrected chi connectivity index (χ0v) is 31.5. The maximum atomic E-state index is 5.27. The summed E-state index contributed by atoms with van der Waals surface area (Å²) in [6.45, 7) is 2.01. The van der Waals surface area contributed by atoms with Crippen molar-refractivity contribution in [2.24, 2.45) is 0 Å². The first-order chi connectivity index (χ1) is 28.1. The van der Waals surface area contributed by atoms with E-state index in [0.717, 1.165) is 67.2 Å². The number of nitrogens with zero attached hydrogens (tertiary/aromatic N) is 3. The largest absolute Gasteiger partial charge is 0.261 e. The third kappa shape index (κ3) is 6.77. The lowest BCUT2D eigenvalue weighted by Crippen LogP contribution is -1.97. The minimum atomic E-state index is 0.684. The first-order valence-corrected chi connectivity index (χ1v) is 19.3. The second kappa shape index (κ2) is 14.6. The smallest absolute Gasteiger partial charge is 0.160 e. The van der Waals surface area contributed by atoms with Crippen LogP contribution in [0.4, 0.5) is 0 Å². The molecule has 57 heavy (non-hydrogen) atoms. The second-order valence-electron chi connectivity index (χ2n) is 14.5. The summed E-state index contributed by atoms with van der Waals surface area (Å²) < 4.78 is 0. The summed E-state index contributed by atoms with van der Waals surface area (Å²) in [7, 11) is 0. The van der Waals surface area contributed by atoms with Crippen LogP contribution in [0.3, 0.4) is 0 Å². The highest BCUT2D eigenvalue weighted by molar-refractivity contribution is 6.13. The maximum absolute atomic E-state index is 5.27. The molecule has 0 saturated carbocycles. The molecule has 8 aromatic carbocycles. The van der Waals surface area contributed by atoms with Gasteiger partial charge in [-0.15, -0.1) is 0 Å². The lowest BCUT2D eigenvalue weighted by Gasteiger charge is -2.16. The molecular weight excluding hydrogens is 691 g/mol. The molecule has 0 N–H and O–H groups in total. The van der Waals surface area contributed by atoms with Gasteiger partial charge in [-0.3, -0.25) is 4.98 Å². The van der Waals surface area contributed by atoms with Crippen LogP contribution >= 0.6 is 0 Å². The van der Waals surface area contributed by atoms with Crippen LogP contribution < -0.4 is 0 Å². The van der Waals surface area contributed by atoms with E-state index < -0.39 is 0 Å².